The van der Waals surface area contributed by atoms with E-state index in [0.717, 1.165) is 32.1 Å². The van der Waals surface area contributed by atoms with Crippen molar-refractivity contribution in [2.24, 2.45) is 0 Å². The average molecular weight is 266 g/mol. The molecule has 0 radical (unpaired) electrons. The van der Waals surface area contributed by atoms with Gasteiger partial charge in [-0.05, 0) is 48.8 Å². The number of benzene rings is 2. The van der Waals surface area contributed by atoms with Gasteiger partial charge < -0.3 is 5.11 Å². The zero-order chi connectivity index (χ0) is 13.8. The molecule has 0 saturated carbocycles. The number of aryl methyl sites for hydroxylation is 2. The Morgan fingerprint density at radius 3 is 2.60 bits per heavy atom. The summed E-state index contributed by atoms with van der Waals surface area (Å²) >= 11 is 0. The Morgan fingerprint density at radius 1 is 1.00 bits per heavy atom. The molecular formula is C19H22O. The molecule has 1 nitrogen and oxygen atoms in total. The van der Waals surface area contributed by atoms with Crippen LogP contribution in [0.25, 0.3) is 0 Å². The standard InChI is InChI=1S/C19H22O/c20-19(12-6-9-15-7-2-1-3-8-15)18-14-13-16-10-4-5-11-17(16)18/h1-5,7-8,10-11,18-20H,6,9,12-14H2. The van der Waals surface area contributed by atoms with E-state index >= 15 is 0 Å². The van der Waals surface area contributed by atoms with Crippen molar-refractivity contribution >= 4 is 0 Å². The number of rotatable bonds is 5. The van der Waals surface area contributed by atoms with E-state index in [0.29, 0.717) is 5.92 Å². The van der Waals surface area contributed by atoms with Crippen molar-refractivity contribution in [2.75, 3.05) is 0 Å². The Balaban J connectivity index is 1.54. The van der Waals surface area contributed by atoms with Crippen molar-refractivity contribution in [2.45, 2.75) is 44.1 Å². The Labute approximate surface area is 121 Å². The highest BCUT2D eigenvalue weighted by atomic mass is 16.3. The SMILES string of the molecule is OC(CCCc1ccccc1)C1CCc2ccccc21. The van der Waals surface area contributed by atoms with Crippen LogP contribution in [0.4, 0.5) is 0 Å². The molecule has 0 saturated heterocycles. The van der Waals surface area contributed by atoms with Crippen LogP contribution in [0.3, 0.4) is 0 Å². The van der Waals surface area contributed by atoms with Crippen LogP contribution in [0, 0.1) is 0 Å². The minimum atomic E-state index is -0.192. The molecular weight excluding hydrogens is 244 g/mol. The summed E-state index contributed by atoms with van der Waals surface area (Å²) in [5.41, 5.74) is 4.17. The molecule has 0 aromatic heterocycles. The normalized spacial score (nSPS) is 18.8. The molecule has 2 aromatic rings. The smallest absolute Gasteiger partial charge is 0.0609 e. The van der Waals surface area contributed by atoms with E-state index in [4.69, 9.17) is 0 Å². The molecule has 1 aliphatic carbocycles. The number of hydrogen-bond donors (Lipinski definition) is 1. The maximum Gasteiger partial charge on any atom is 0.0609 e. The molecule has 0 heterocycles. The number of aliphatic hydroxyl groups is 1. The molecule has 0 fully saturated rings. The fourth-order valence-corrected chi connectivity index (χ4v) is 3.35. The van der Waals surface area contributed by atoms with Gasteiger partial charge in [0, 0.05) is 5.92 Å². The quantitative estimate of drug-likeness (QED) is 0.864. The molecule has 0 spiro atoms. The fraction of sp³-hybridized carbons (Fsp3) is 0.368. The summed E-state index contributed by atoms with van der Waals surface area (Å²) in [5.74, 6) is 0.349. The van der Waals surface area contributed by atoms with E-state index in [1.165, 1.54) is 16.7 Å². The number of aliphatic hydroxyl groups excluding tert-OH is 1. The minimum absolute atomic E-state index is 0.192. The first-order valence-electron chi connectivity index (χ1n) is 7.64. The number of fused-ring (bicyclic) bond motifs is 1. The lowest BCUT2D eigenvalue weighted by Crippen LogP contribution is -2.16. The second-order valence-corrected chi connectivity index (χ2v) is 5.79. The van der Waals surface area contributed by atoms with E-state index in [1.807, 2.05) is 6.07 Å². The van der Waals surface area contributed by atoms with Crippen molar-refractivity contribution in [3.63, 3.8) is 0 Å². The van der Waals surface area contributed by atoms with E-state index in [1.54, 1.807) is 0 Å². The van der Waals surface area contributed by atoms with E-state index in [2.05, 4.69) is 48.5 Å². The molecule has 1 heteroatoms. The lowest BCUT2D eigenvalue weighted by Gasteiger charge is -2.19. The van der Waals surface area contributed by atoms with Gasteiger partial charge in [-0.15, -0.1) is 0 Å². The van der Waals surface area contributed by atoms with Crippen LogP contribution >= 0.6 is 0 Å². The van der Waals surface area contributed by atoms with Crippen LogP contribution in [0.1, 0.15) is 41.9 Å². The molecule has 2 unspecified atom stereocenters. The van der Waals surface area contributed by atoms with Gasteiger partial charge in [0.2, 0.25) is 0 Å². The van der Waals surface area contributed by atoms with Gasteiger partial charge in [0.15, 0.2) is 0 Å². The second kappa shape index (κ2) is 6.23. The van der Waals surface area contributed by atoms with Gasteiger partial charge in [-0.2, -0.15) is 0 Å². The Hall–Kier alpha value is -1.60. The molecule has 3 rings (SSSR count). The number of hydrogen-bond acceptors (Lipinski definition) is 1. The Bertz CT molecular complexity index is 547. The summed E-state index contributed by atoms with van der Waals surface area (Å²) in [6, 6.07) is 19.1. The summed E-state index contributed by atoms with van der Waals surface area (Å²) in [4.78, 5) is 0. The van der Waals surface area contributed by atoms with Crippen molar-refractivity contribution in [1.82, 2.24) is 0 Å². The highest BCUT2D eigenvalue weighted by Crippen LogP contribution is 2.36. The molecule has 0 aliphatic heterocycles. The highest BCUT2D eigenvalue weighted by molar-refractivity contribution is 5.35. The van der Waals surface area contributed by atoms with Crippen LogP contribution in [-0.2, 0) is 12.8 Å². The van der Waals surface area contributed by atoms with Gasteiger partial charge in [0.25, 0.3) is 0 Å². The van der Waals surface area contributed by atoms with Gasteiger partial charge >= 0.3 is 0 Å². The molecule has 2 aromatic carbocycles. The Kier molecular flexibility index (Phi) is 4.17. The first-order valence-corrected chi connectivity index (χ1v) is 7.64. The van der Waals surface area contributed by atoms with Gasteiger partial charge in [-0.1, -0.05) is 54.6 Å². The summed E-state index contributed by atoms with van der Waals surface area (Å²) < 4.78 is 0. The van der Waals surface area contributed by atoms with Crippen LogP contribution < -0.4 is 0 Å². The monoisotopic (exact) mass is 266 g/mol. The third kappa shape index (κ3) is 2.94. The molecule has 20 heavy (non-hydrogen) atoms. The minimum Gasteiger partial charge on any atom is -0.392 e. The predicted octanol–water partition coefficient (Wildman–Crippen LogP) is 4.10. The maximum atomic E-state index is 10.5. The van der Waals surface area contributed by atoms with Gasteiger partial charge in [0.05, 0.1) is 6.10 Å². The maximum absolute atomic E-state index is 10.5. The Morgan fingerprint density at radius 2 is 1.75 bits per heavy atom. The van der Waals surface area contributed by atoms with Crippen molar-refractivity contribution < 1.29 is 5.11 Å². The zero-order valence-corrected chi connectivity index (χ0v) is 11.8. The van der Waals surface area contributed by atoms with Gasteiger partial charge in [-0.25, -0.2) is 0 Å². The average Bonchev–Trinajstić information content (AvgIpc) is 2.92. The van der Waals surface area contributed by atoms with Crippen LogP contribution in [-0.4, -0.2) is 11.2 Å². The van der Waals surface area contributed by atoms with Crippen LogP contribution in [0.2, 0.25) is 0 Å². The fourth-order valence-electron chi connectivity index (χ4n) is 3.35. The van der Waals surface area contributed by atoms with Crippen molar-refractivity contribution in [1.29, 1.82) is 0 Å². The van der Waals surface area contributed by atoms with Crippen molar-refractivity contribution in [3.8, 4) is 0 Å². The lowest BCUT2D eigenvalue weighted by atomic mass is 9.91. The lowest BCUT2D eigenvalue weighted by molar-refractivity contribution is 0.131. The van der Waals surface area contributed by atoms with E-state index < -0.39 is 0 Å². The summed E-state index contributed by atoms with van der Waals surface area (Å²) in [5, 5.41) is 10.5. The molecule has 0 amide bonds. The molecule has 104 valence electrons. The molecule has 1 aliphatic rings. The van der Waals surface area contributed by atoms with Crippen LogP contribution in [0.15, 0.2) is 54.6 Å². The highest BCUT2D eigenvalue weighted by Gasteiger charge is 2.27. The first-order chi connectivity index (χ1) is 9.84. The summed E-state index contributed by atoms with van der Waals surface area (Å²) in [7, 11) is 0. The van der Waals surface area contributed by atoms with Crippen molar-refractivity contribution in [3.05, 3.63) is 71.3 Å². The third-order valence-corrected chi connectivity index (χ3v) is 4.45. The second-order valence-electron chi connectivity index (χ2n) is 5.79. The topological polar surface area (TPSA) is 20.2 Å². The van der Waals surface area contributed by atoms with Crippen LogP contribution in [0.5, 0.6) is 0 Å². The molecule has 1 N–H and O–H groups in total. The molecule has 0 bridgehead atoms. The van der Waals surface area contributed by atoms with E-state index in [-0.39, 0.29) is 6.10 Å². The third-order valence-electron chi connectivity index (χ3n) is 4.45. The first kappa shape index (κ1) is 13.4. The largest absolute Gasteiger partial charge is 0.392 e. The zero-order valence-electron chi connectivity index (χ0n) is 11.8. The van der Waals surface area contributed by atoms with E-state index in [9.17, 15) is 5.11 Å². The van der Waals surface area contributed by atoms with Gasteiger partial charge in [-0.3, -0.25) is 0 Å². The summed E-state index contributed by atoms with van der Waals surface area (Å²) in [6.07, 6.45) is 5.05. The summed E-state index contributed by atoms with van der Waals surface area (Å²) in [6.45, 7) is 0. The molecule has 2 atom stereocenters. The predicted molar refractivity (Wildman–Crippen MR) is 82.9 cm³/mol. The van der Waals surface area contributed by atoms with Gasteiger partial charge in [0.1, 0.15) is 0 Å².